The lowest BCUT2D eigenvalue weighted by Crippen LogP contribution is -2.11. The van der Waals surface area contributed by atoms with Crippen molar-refractivity contribution in [3.63, 3.8) is 0 Å². The highest BCUT2D eigenvalue weighted by molar-refractivity contribution is 6.33. The first kappa shape index (κ1) is 21.6. The molecule has 0 radical (unpaired) electrons. The normalized spacial score (nSPS) is 16.2. The summed E-state index contributed by atoms with van der Waals surface area (Å²) in [4.78, 5) is 18.9. The molecule has 1 heterocycles. The van der Waals surface area contributed by atoms with Gasteiger partial charge in [0.2, 0.25) is 0 Å². The van der Waals surface area contributed by atoms with Gasteiger partial charge >= 0.3 is 0 Å². The number of rotatable bonds is 7. The number of anilines is 1. The fourth-order valence-electron chi connectivity index (χ4n) is 3.57. The maximum absolute atomic E-state index is 15.1. The monoisotopic (exact) mass is 430 g/mol. The summed E-state index contributed by atoms with van der Waals surface area (Å²) in [5.74, 6) is -0.493. The molecule has 0 saturated heterocycles. The number of benzene rings is 1. The van der Waals surface area contributed by atoms with Gasteiger partial charge in [-0.2, -0.15) is 0 Å². The second-order valence-corrected chi connectivity index (χ2v) is 7.33. The van der Waals surface area contributed by atoms with Gasteiger partial charge in [0.05, 0.1) is 11.1 Å². The van der Waals surface area contributed by atoms with Crippen LogP contribution in [0.15, 0.2) is 41.3 Å². The van der Waals surface area contributed by atoms with Crippen LogP contribution in [0.3, 0.4) is 0 Å². The molecule has 0 bridgehead atoms. The van der Waals surface area contributed by atoms with E-state index in [0.717, 1.165) is 17.2 Å². The van der Waals surface area contributed by atoms with Crippen molar-refractivity contribution in [2.45, 2.75) is 25.8 Å². The van der Waals surface area contributed by atoms with Crippen LogP contribution in [0.2, 0.25) is 5.02 Å². The van der Waals surface area contributed by atoms with Gasteiger partial charge in [0.15, 0.2) is 17.9 Å². The van der Waals surface area contributed by atoms with Crippen LogP contribution in [0.1, 0.15) is 34.7 Å². The lowest BCUT2D eigenvalue weighted by molar-refractivity contribution is -0.106. The van der Waals surface area contributed by atoms with Gasteiger partial charge in [0.1, 0.15) is 11.6 Å². The minimum atomic E-state index is -0.941. The molecule has 2 N–H and O–H groups in total. The SMILES string of the molecule is C=Nc1nc(NC2CCc3cc(C(=CNC)/C=C(/F)C=O)cc(F)c32)c(Cl)cc1C. The molecule has 1 aliphatic carbocycles. The minimum Gasteiger partial charge on any atom is -0.393 e. The molecule has 2 aromatic rings. The van der Waals surface area contributed by atoms with E-state index in [9.17, 15) is 9.18 Å². The average molecular weight is 431 g/mol. The standard InChI is InChI=1S/C22H21ClF2N4O/c1-12-6-17(23)22(29-21(12)27-3)28-19-5-4-13-7-14(9-18(25)20(13)19)15(10-26-2)8-16(24)11-30/h6-11,19,26H,3-5H2,1-2H3,(H,28,29)/b15-10?,16-8+. The Hall–Kier alpha value is -3.06. The van der Waals surface area contributed by atoms with Crippen LogP contribution in [0.25, 0.3) is 5.57 Å². The Labute approximate surface area is 178 Å². The zero-order valence-corrected chi connectivity index (χ0v) is 17.4. The minimum absolute atomic E-state index is 0.109. The molecule has 3 rings (SSSR count). The molecule has 1 aromatic heterocycles. The van der Waals surface area contributed by atoms with Crippen LogP contribution >= 0.6 is 11.6 Å². The predicted octanol–water partition coefficient (Wildman–Crippen LogP) is 5.23. The maximum atomic E-state index is 15.1. The van der Waals surface area contributed by atoms with Gasteiger partial charge in [-0.3, -0.25) is 4.79 Å². The quantitative estimate of drug-likeness (QED) is 0.273. The highest BCUT2D eigenvalue weighted by Crippen LogP contribution is 2.39. The van der Waals surface area contributed by atoms with Crippen LogP contribution < -0.4 is 10.6 Å². The molecule has 0 amide bonds. The van der Waals surface area contributed by atoms with Crippen LogP contribution in [0, 0.1) is 12.7 Å². The van der Waals surface area contributed by atoms with Gasteiger partial charge in [-0.05, 0) is 61.4 Å². The van der Waals surface area contributed by atoms with E-state index in [4.69, 9.17) is 11.6 Å². The Kier molecular flexibility index (Phi) is 6.62. The van der Waals surface area contributed by atoms with E-state index >= 15 is 4.39 Å². The van der Waals surface area contributed by atoms with E-state index < -0.39 is 11.6 Å². The van der Waals surface area contributed by atoms with Gasteiger partial charge in [0, 0.05) is 24.4 Å². The number of halogens is 3. The van der Waals surface area contributed by atoms with Crippen molar-refractivity contribution in [3.8, 4) is 0 Å². The van der Waals surface area contributed by atoms with Crippen molar-refractivity contribution in [2.24, 2.45) is 4.99 Å². The number of aldehydes is 1. The Bertz CT molecular complexity index is 1070. The lowest BCUT2D eigenvalue weighted by atomic mass is 9.99. The first-order chi connectivity index (χ1) is 14.4. The predicted molar refractivity (Wildman–Crippen MR) is 117 cm³/mol. The van der Waals surface area contributed by atoms with Crippen LogP contribution in [0.5, 0.6) is 0 Å². The fourth-order valence-corrected chi connectivity index (χ4v) is 3.83. The summed E-state index contributed by atoms with van der Waals surface area (Å²) in [6.45, 7) is 5.34. The van der Waals surface area contributed by atoms with Crippen molar-refractivity contribution in [2.75, 3.05) is 12.4 Å². The summed E-state index contributed by atoms with van der Waals surface area (Å²) in [6.07, 6.45) is 3.95. The summed E-state index contributed by atoms with van der Waals surface area (Å²) >= 11 is 6.30. The Morgan fingerprint density at radius 1 is 1.40 bits per heavy atom. The molecule has 0 saturated carbocycles. The van der Waals surface area contributed by atoms with Crippen molar-refractivity contribution in [3.05, 3.63) is 69.4 Å². The van der Waals surface area contributed by atoms with Crippen LogP contribution in [-0.2, 0) is 11.2 Å². The number of aliphatic imine (C=N–C) groups is 1. The number of carbonyl (C=O) groups excluding carboxylic acids is 1. The van der Waals surface area contributed by atoms with Gasteiger partial charge in [-0.25, -0.2) is 18.8 Å². The number of fused-ring (bicyclic) bond motifs is 1. The molecule has 5 nitrogen and oxygen atoms in total. The highest BCUT2D eigenvalue weighted by Gasteiger charge is 2.28. The van der Waals surface area contributed by atoms with Gasteiger partial charge in [-0.15, -0.1) is 0 Å². The molecule has 0 fully saturated rings. The number of allylic oxidation sites excluding steroid dienone is 3. The van der Waals surface area contributed by atoms with Gasteiger partial charge in [-0.1, -0.05) is 17.7 Å². The molecule has 8 heteroatoms. The summed E-state index contributed by atoms with van der Waals surface area (Å²) in [7, 11) is 1.64. The number of nitrogens with one attached hydrogen (secondary N) is 2. The largest absolute Gasteiger partial charge is 0.393 e. The second-order valence-electron chi connectivity index (χ2n) is 6.92. The van der Waals surface area contributed by atoms with E-state index in [-0.39, 0.29) is 12.3 Å². The zero-order chi connectivity index (χ0) is 21.8. The number of aromatic nitrogens is 1. The summed E-state index contributed by atoms with van der Waals surface area (Å²) < 4.78 is 28.6. The van der Waals surface area contributed by atoms with Crippen LogP contribution in [-0.4, -0.2) is 25.0 Å². The molecule has 1 aliphatic rings. The Morgan fingerprint density at radius 3 is 2.83 bits per heavy atom. The van der Waals surface area contributed by atoms with E-state index in [0.29, 0.717) is 46.2 Å². The Balaban J connectivity index is 1.96. The molecule has 1 aromatic carbocycles. The number of hydrogen-bond acceptors (Lipinski definition) is 5. The van der Waals surface area contributed by atoms with Gasteiger partial charge in [0.25, 0.3) is 0 Å². The fraction of sp³-hybridized carbons (Fsp3) is 0.227. The third-order valence-corrected chi connectivity index (χ3v) is 5.19. The smallest absolute Gasteiger partial charge is 0.178 e. The first-order valence-electron chi connectivity index (χ1n) is 9.30. The average Bonchev–Trinajstić information content (AvgIpc) is 3.12. The Morgan fingerprint density at radius 2 is 2.17 bits per heavy atom. The van der Waals surface area contributed by atoms with Crippen LogP contribution in [0.4, 0.5) is 20.4 Å². The molecule has 1 atom stereocenters. The third kappa shape index (κ3) is 4.41. The molecule has 156 valence electrons. The molecular weight excluding hydrogens is 410 g/mol. The summed E-state index contributed by atoms with van der Waals surface area (Å²) in [6, 6.07) is 4.55. The van der Waals surface area contributed by atoms with E-state index in [2.05, 4.69) is 27.3 Å². The van der Waals surface area contributed by atoms with Gasteiger partial charge < -0.3 is 10.6 Å². The second kappa shape index (κ2) is 9.17. The lowest BCUT2D eigenvalue weighted by Gasteiger charge is -2.18. The zero-order valence-electron chi connectivity index (χ0n) is 16.6. The number of nitrogens with zero attached hydrogens (tertiary/aromatic N) is 2. The molecular formula is C22H21ClF2N4O. The van der Waals surface area contributed by atoms with E-state index in [1.807, 2.05) is 6.92 Å². The maximum Gasteiger partial charge on any atom is 0.178 e. The topological polar surface area (TPSA) is 66.4 Å². The highest BCUT2D eigenvalue weighted by atomic mass is 35.5. The van der Waals surface area contributed by atoms with Crippen molar-refractivity contribution < 1.29 is 13.6 Å². The number of pyridine rings is 1. The third-order valence-electron chi connectivity index (χ3n) is 4.91. The molecule has 0 aliphatic heterocycles. The van der Waals surface area contributed by atoms with Crippen molar-refractivity contribution in [1.82, 2.24) is 10.3 Å². The van der Waals surface area contributed by atoms with Crippen molar-refractivity contribution in [1.29, 1.82) is 0 Å². The molecule has 0 spiro atoms. The molecule has 1 unspecified atom stereocenters. The number of carbonyl (C=O) groups is 1. The first-order valence-corrected chi connectivity index (χ1v) is 9.68. The number of aryl methyl sites for hydroxylation is 2. The summed E-state index contributed by atoms with van der Waals surface area (Å²) in [5, 5.41) is 6.41. The number of hydrogen-bond donors (Lipinski definition) is 2. The van der Waals surface area contributed by atoms with E-state index in [1.54, 1.807) is 19.2 Å². The molecule has 30 heavy (non-hydrogen) atoms. The van der Waals surface area contributed by atoms with Crippen molar-refractivity contribution >= 4 is 41.8 Å². The summed E-state index contributed by atoms with van der Waals surface area (Å²) in [5.41, 5.74) is 2.96. The van der Waals surface area contributed by atoms with E-state index in [1.165, 1.54) is 12.3 Å².